The highest BCUT2D eigenvalue weighted by Gasteiger charge is 2.07. The summed E-state index contributed by atoms with van der Waals surface area (Å²) in [6.45, 7) is 7.55. The highest BCUT2D eigenvalue weighted by atomic mass is 16.5. The van der Waals surface area contributed by atoms with Gasteiger partial charge in [-0.1, -0.05) is 26.0 Å². The Hall–Kier alpha value is -2.07. The van der Waals surface area contributed by atoms with Gasteiger partial charge in [0, 0.05) is 30.4 Å². The number of nitrogens with one attached hydrogen (secondary N) is 1. The zero-order valence-corrected chi connectivity index (χ0v) is 12.8. The fourth-order valence-corrected chi connectivity index (χ4v) is 1.87. The summed E-state index contributed by atoms with van der Waals surface area (Å²) in [6.07, 6.45) is 1.74. The van der Waals surface area contributed by atoms with Gasteiger partial charge in [-0.25, -0.2) is 4.98 Å². The molecule has 1 aromatic carbocycles. The number of benzene rings is 1. The van der Waals surface area contributed by atoms with Crippen LogP contribution in [0.5, 0.6) is 17.4 Å². The maximum Gasteiger partial charge on any atom is 0.223 e. The van der Waals surface area contributed by atoms with Crippen molar-refractivity contribution in [1.82, 2.24) is 10.3 Å². The number of rotatable bonds is 7. The number of hydrogen-bond donors (Lipinski definition) is 1. The van der Waals surface area contributed by atoms with E-state index in [-0.39, 0.29) is 0 Å². The molecule has 1 aromatic heterocycles. The second-order valence-electron chi connectivity index (χ2n) is 5.01. The van der Waals surface area contributed by atoms with Crippen LogP contribution in [0.3, 0.4) is 0 Å². The summed E-state index contributed by atoms with van der Waals surface area (Å²) in [7, 11) is 0. The van der Waals surface area contributed by atoms with Crippen molar-refractivity contribution in [2.45, 2.75) is 33.4 Å². The maximum absolute atomic E-state index is 5.90. The molecule has 1 heterocycles. The molecule has 4 heteroatoms. The Morgan fingerprint density at radius 1 is 1.14 bits per heavy atom. The fourth-order valence-electron chi connectivity index (χ4n) is 1.87. The van der Waals surface area contributed by atoms with E-state index in [1.54, 1.807) is 6.20 Å². The van der Waals surface area contributed by atoms with E-state index in [0.717, 1.165) is 23.6 Å². The molecule has 0 amide bonds. The smallest absolute Gasteiger partial charge is 0.223 e. The lowest BCUT2D eigenvalue weighted by Crippen LogP contribution is -2.22. The first-order chi connectivity index (χ1) is 10.2. The average molecular weight is 286 g/mol. The first-order valence-corrected chi connectivity index (χ1v) is 7.27. The minimum Gasteiger partial charge on any atom is -0.494 e. The molecule has 0 saturated heterocycles. The Balaban J connectivity index is 2.13. The number of aromatic nitrogens is 1. The number of hydrogen-bond acceptors (Lipinski definition) is 4. The lowest BCUT2D eigenvalue weighted by atomic mass is 10.2. The summed E-state index contributed by atoms with van der Waals surface area (Å²) >= 11 is 0. The number of pyridine rings is 1. The van der Waals surface area contributed by atoms with E-state index in [2.05, 4.69) is 24.1 Å². The zero-order chi connectivity index (χ0) is 15.1. The molecule has 0 unspecified atom stereocenters. The molecular formula is C17H22N2O2. The van der Waals surface area contributed by atoms with Gasteiger partial charge < -0.3 is 14.8 Å². The van der Waals surface area contributed by atoms with Crippen LogP contribution in [0, 0.1) is 0 Å². The summed E-state index contributed by atoms with van der Waals surface area (Å²) in [5, 5.41) is 3.37. The van der Waals surface area contributed by atoms with Crippen molar-refractivity contribution in [2.75, 3.05) is 6.61 Å². The Kier molecular flexibility index (Phi) is 5.58. The van der Waals surface area contributed by atoms with Gasteiger partial charge >= 0.3 is 0 Å². The lowest BCUT2D eigenvalue weighted by molar-refractivity contribution is 0.337. The van der Waals surface area contributed by atoms with E-state index >= 15 is 0 Å². The fraction of sp³-hybridized carbons (Fsp3) is 0.353. The number of nitrogens with zero attached hydrogens (tertiary/aromatic N) is 1. The van der Waals surface area contributed by atoms with Gasteiger partial charge in [-0.3, -0.25) is 0 Å². The van der Waals surface area contributed by atoms with Crippen LogP contribution >= 0.6 is 0 Å². The summed E-state index contributed by atoms with van der Waals surface area (Å²) in [4.78, 5) is 4.32. The summed E-state index contributed by atoms with van der Waals surface area (Å²) < 4.78 is 11.4. The molecule has 4 nitrogen and oxygen atoms in total. The van der Waals surface area contributed by atoms with Crippen molar-refractivity contribution in [3.05, 3.63) is 48.2 Å². The van der Waals surface area contributed by atoms with Crippen LogP contribution in [0.25, 0.3) is 0 Å². The Morgan fingerprint density at radius 2 is 1.95 bits per heavy atom. The van der Waals surface area contributed by atoms with Crippen molar-refractivity contribution >= 4 is 0 Å². The molecule has 2 aromatic rings. The molecule has 0 fully saturated rings. The second kappa shape index (κ2) is 7.64. The van der Waals surface area contributed by atoms with Crippen LogP contribution in [0.4, 0.5) is 0 Å². The monoisotopic (exact) mass is 286 g/mol. The van der Waals surface area contributed by atoms with E-state index in [0.29, 0.717) is 18.5 Å². The summed E-state index contributed by atoms with van der Waals surface area (Å²) in [6, 6.07) is 11.9. The zero-order valence-electron chi connectivity index (χ0n) is 12.8. The number of ether oxygens (including phenoxy) is 2. The van der Waals surface area contributed by atoms with Gasteiger partial charge in [0.05, 0.1) is 6.61 Å². The van der Waals surface area contributed by atoms with Crippen LogP contribution in [-0.4, -0.2) is 17.6 Å². The molecule has 112 valence electrons. The van der Waals surface area contributed by atoms with Gasteiger partial charge in [0.2, 0.25) is 5.88 Å². The highest BCUT2D eigenvalue weighted by molar-refractivity contribution is 5.37. The predicted molar refractivity (Wildman–Crippen MR) is 83.9 cm³/mol. The molecule has 0 spiro atoms. The van der Waals surface area contributed by atoms with Gasteiger partial charge in [0.25, 0.3) is 0 Å². The van der Waals surface area contributed by atoms with Crippen LogP contribution in [0.2, 0.25) is 0 Å². The average Bonchev–Trinajstić information content (AvgIpc) is 2.47. The van der Waals surface area contributed by atoms with E-state index < -0.39 is 0 Å². The van der Waals surface area contributed by atoms with Gasteiger partial charge in [0.1, 0.15) is 11.5 Å². The Labute approximate surface area is 126 Å². The quantitative estimate of drug-likeness (QED) is 0.841. The molecule has 0 aliphatic carbocycles. The van der Waals surface area contributed by atoms with Crippen molar-refractivity contribution in [3.63, 3.8) is 0 Å². The molecule has 2 rings (SSSR count). The van der Waals surface area contributed by atoms with E-state index in [9.17, 15) is 0 Å². The lowest BCUT2D eigenvalue weighted by Gasteiger charge is -2.13. The highest BCUT2D eigenvalue weighted by Crippen LogP contribution is 2.26. The molecule has 1 N–H and O–H groups in total. The summed E-state index contributed by atoms with van der Waals surface area (Å²) in [5.41, 5.74) is 1.04. The standard InChI is InChI=1S/C17H22N2O2/c1-4-20-15-8-5-9-16(11-15)21-17-14(7-6-10-18-17)12-19-13(2)3/h5-11,13,19H,4,12H2,1-3H3. The van der Waals surface area contributed by atoms with Crippen molar-refractivity contribution in [1.29, 1.82) is 0 Å². The van der Waals surface area contributed by atoms with Crippen LogP contribution in [0.15, 0.2) is 42.6 Å². The molecule has 21 heavy (non-hydrogen) atoms. The molecule has 0 aliphatic rings. The maximum atomic E-state index is 5.90. The van der Waals surface area contributed by atoms with Crippen LogP contribution in [-0.2, 0) is 6.54 Å². The molecular weight excluding hydrogens is 264 g/mol. The van der Waals surface area contributed by atoms with Crippen LogP contribution in [0.1, 0.15) is 26.3 Å². The predicted octanol–water partition coefficient (Wildman–Crippen LogP) is 3.77. The van der Waals surface area contributed by atoms with E-state index in [4.69, 9.17) is 9.47 Å². The van der Waals surface area contributed by atoms with Crippen molar-refractivity contribution < 1.29 is 9.47 Å². The molecule has 0 aliphatic heterocycles. The molecule has 0 atom stereocenters. The van der Waals surface area contributed by atoms with Gasteiger partial charge in [-0.05, 0) is 25.1 Å². The van der Waals surface area contributed by atoms with Crippen molar-refractivity contribution in [2.24, 2.45) is 0 Å². The third-order valence-corrected chi connectivity index (χ3v) is 2.88. The van der Waals surface area contributed by atoms with Gasteiger partial charge in [0.15, 0.2) is 0 Å². The van der Waals surface area contributed by atoms with Crippen LogP contribution < -0.4 is 14.8 Å². The van der Waals surface area contributed by atoms with Crippen molar-refractivity contribution in [3.8, 4) is 17.4 Å². The third kappa shape index (κ3) is 4.76. The third-order valence-electron chi connectivity index (χ3n) is 2.88. The first kappa shape index (κ1) is 15.3. The first-order valence-electron chi connectivity index (χ1n) is 7.27. The molecule has 0 radical (unpaired) electrons. The van der Waals surface area contributed by atoms with E-state index in [1.807, 2.05) is 43.3 Å². The molecule has 0 saturated carbocycles. The van der Waals surface area contributed by atoms with Gasteiger partial charge in [-0.15, -0.1) is 0 Å². The topological polar surface area (TPSA) is 43.4 Å². The minimum atomic E-state index is 0.416. The minimum absolute atomic E-state index is 0.416. The SMILES string of the molecule is CCOc1cccc(Oc2ncccc2CNC(C)C)c1. The molecule has 0 bridgehead atoms. The Bertz CT molecular complexity index is 570. The Morgan fingerprint density at radius 3 is 2.71 bits per heavy atom. The normalized spacial score (nSPS) is 10.7. The summed E-state index contributed by atoms with van der Waals surface area (Å²) in [5.74, 6) is 2.15. The van der Waals surface area contributed by atoms with Gasteiger partial charge in [-0.2, -0.15) is 0 Å². The second-order valence-corrected chi connectivity index (χ2v) is 5.01. The van der Waals surface area contributed by atoms with E-state index in [1.165, 1.54) is 0 Å². The largest absolute Gasteiger partial charge is 0.494 e.